The molecule has 0 aromatic heterocycles. The highest BCUT2D eigenvalue weighted by atomic mass is 19.3. The number of unbranched alkanes of at least 4 members (excludes halogenated alkanes) is 3. The number of hydrogen-bond acceptors (Lipinski definition) is 1. The highest BCUT2D eigenvalue weighted by molar-refractivity contribution is 5.65. The average molecular weight is 477 g/mol. The summed E-state index contributed by atoms with van der Waals surface area (Å²) in [6.45, 7) is -0.846. The normalized spacial score (nSPS) is 24.8. The molecule has 2 aromatic rings. The van der Waals surface area contributed by atoms with Crippen molar-refractivity contribution in [3.05, 3.63) is 53.6 Å². The van der Waals surface area contributed by atoms with Crippen LogP contribution in [-0.2, 0) is 0 Å². The van der Waals surface area contributed by atoms with Crippen molar-refractivity contribution in [1.29, 1.82) is 0 Å². The summed E-state index contributed by atoms with van der Waals surface area (Å²) in [5.74, 6) is 0.946. The molecule has 5 heteroatoms. The molecule has 2 saturated carbocycles. The number of fused-ring (bicyclic) bond motifs is 1. The van der Waals surface area contributed by atoms with Crippen LogP contribution in [0.1, 0.15) is 89.0 Å². The molecule has 2 aliphatic carbocycles. The Balaban J connectivity index is 1.37. The van der Waals surface area contributed by atoms with E-state index in [1.165, 1.54) is 63.9 Å². The molecule has 2 aromatic carbocycles. The van der Waals surface area contributed by atoms with Gasteiger partial charge in [-0.25, -0.2) is 8.78 Å². The second-order valence-electron chi connectivity index (χ2n) is 10.3. The highest BCUT2D eigenvalue weighted by Crippen LogP contribution is 2.48. The van der Waals surface area contributed by atoms with E-state index in [2.05, 4.69) is 11.7 Å². The van der Waals surface area contributed by atoms with Crippen LogP contribution in [0.5, 0.6) is 5.75 Å². The van der Waals surface area contributed by atoms with Gasteiger partial charge in [0.2, 0.25) is 0 Å². The van der Waals surface area contributed by atoms with Crippen molar-refractivity contribution in [1.82, 2.24) is 0 Å². The second kappa shape index (κ2) is 11.6. The van der Waals surface area contributed by atoms with Crippen molar-refractivity contribution < 1.29 is 22.3 Å². The lowest BCUT2D eigenvalue weighted by Crippen LogP contribution is -2.30. The molecular weight excluding hydrogens is 440 g/mol. The number of ether oxygens (including phenoxy) is 1. The van der Waals surface area contributed by atoms with Crippen LogP contribution in [0.4, 0.5) is 17.6 Å². The van der Waals surface area contributed by atoms with E-state index in [1.807, 2.05) is 6.07 Å². The summed E-state index contributed by atoms with van der Waals surface area (Å²) in [6, 6.07) is 8.79. The third kappa shape index (κ3) is 6.14. The zero-order chi connectivity index (χ0) is 24.1. The molecule has 0 heterocycles. The molecule has 4 rings (SSSR count). The molecule has 1 nitrogen and oxygen atoms in total. The largest absolute Gasteiger partial charge is 0.432 e. The summed E-state index contributed by atoms with van der Waals surface area (Å²) in [7, 11) is 0. The average Bonchev–Trinajstić information content (AvgIpc) is 2.82. The quantitative estimate of drug-likeness (QED) is 0.259. The first kappa shape index (κ1) is 25.1. The summed E-state index contributed by atoms with van der Waals surface area (Å²) in [6.07, 6.45) is 14.2. The third-order valence-electron chi connectivity index (χ3n) is 8.11. The Morgan fingerprint density at radius 2 is 1.65 bits per heavy atom. The van der Waals surface area contributed by atoms with Gasteiger partial charge in [-0.1, -0.05) is 63.6 Å². The van der Waals surface area contributed by atoms with Crippen molar-refractivity contribution in [2.24, 2.45) is 17.8 Å². The molecule has 0 radical (unpaired) electrons. The SMILES string of the molecule is CCCCCCC1CCC2CC(c3ccc(-c4ccc(OC(F)F)c(F)c4)c(F)c3)CCC2C1. The lowest BCUT2D eigenvalue weighted by molar-refractivity contribution is -0.0521. The van der Waals surface area contributed by atoms with Gasteiger partial charge in [-0.05, 0) is 85.1 Å². The summed E-state index contributed by atoms with van der Waals surface area (Å²) < 4.78 is 58.0. The lowest BCUT2D eigenvalue weighted by Gasteiger charge is -2.42. The van der Waals surface area contributed by atoms with Gasteiger partial charge in [0, 0.05) is 5.56 Å². The standard InChI is InChI=1S/C29H36F4O/c1-2-3-4-5-6-19-7-8-21-16-22(10-9-20(21)15-19)23-11-13-25(26(30)17-23)24-12-14-28(27(31)18-24)34-29(32)33/h11-14,17-22,29H,2-10,15-16H2,1H3. The topological polar surface area (TPSA) is 9.23 Å². The molecule has 2 aliphatic rings. The Bertz CT molecular complexity index is 944. The Hall–Kier alpha value is -2.04. The highest BCUT2D eigenvalue weighted by Gasteiger charge is 2.36. The van der Waals surface area contributed by atoms with Crippen LogP contribution in [0.3, 0.4) is 0 Å². The first-order chi connectivity index (χ1) is 16.4. The van der Waals surface area contributed by atoms with Crippen molar-refractivity contribution in [2.45, 2.75) is 90.1 Å². The molecule has 0 bridgehead atoms. The zero-order valence-corrected chi connectivity index (χ0v) is 20.0. The molecule has 0 N–H and O–H groups in total. The van der Waals surface area contributed by atoms with Crippen LogP contribution in [0, 0.1) is 29.4 Å². The van der Waals surface area contributed by atoms with Crippen LogP contribution in [0.15, 0.2) is 36.4 Å². The van der Waals surface area contributed by atoms with Crippen LogP contribution < -0.4 is 4.74 Å². The van der Waals surface area contributed by atoms with Crippen LogP contribution in [0.25, 0.3) is 11.1 Å². The molecule has 0 amide bonds. The van der Waals surface area contributed by atoms with E-state index in [9.17, 15) is 13.2 Å². The molecule has 0 saturated heterocycles. The first-order valence-corrected chi connectivity index (χ1v) is 13.0. The Morgan fingerprint density at radius 3 is 2.38 bits per heavy atom. The van der Waals surface area contributed by atoms with Gasteiger partial charge in [-0.15, -0.1) is 0 Å². The first-order valence-electron chi connectivity index (χ1n) is 13.0. The molecule has 0 aliphatic heterocycles. The molecule has 0 spiro atoms. The Morgan fingerprint density at radius 1 is 0.853 bits per heavy atom. The van der Waals surface area contributed by atoms with Gasteiger partial charge in [-0.3, -0.25) is 0 Å². The van der Waals surface area contributed by atoms with Crippen LogP contribution in [-0.4, -0.2) is 6.61 Å². The fourth-order valence-electron chi connectivity index (χ4n) is 6.29. The number of benzene rings is 2. The summed E-state index contributed by atoms with van der Waals surface area (Å²) >= 11 is 0. The van der Waals surface area contributed by atoms with Gasteiger partial charge in [0.15, 0.2) is 11.6 Å². The van der Waals surface area contributed by atoms with Crippen molar-refractivity contribution in [3.8, 4) is 16.9 Å². The zero-order valence-electron chi connectivity index (χ0n) is 20.0. The van der Waals surface area contributed by atoms with E-state index < -0.39 is 24.0 Å². The minimum Gasteiger partial charge on any atom is -0.432 e. The predicted molar refractivity (Wildman–Crippen MR) is 128 cm³/mol. The molecular formula is C29H36F4O. The van der Waals surface area contributed by atoms with Gasteiger partial charge in [0.25, 0.3) is 0 Å². The fraction of sp³-hybridized carbons (Fsp3) is 0.586. The maximum Gasteiger partial charge on any atom is 0.387 e. The molecule has 4 atom stereocenters. The van der Waals surface area contributed by atoms with E-state index in [0.717, 1.165) is 48.3 Å². The van der Waals surface area contributed by atoms with E-state index in [4.69, 9.17) is 0 Å². The van der Waals surface area contributed by atoms with Crippen molar-refractivity contribution in [2.75, 3.05) is 0 Å². The molecule has 186 valence electrons. The maximum absolute atomic E-state index is 15.0. The van der Waals surface area contributed by atoms with Crippen LogP contribution >= 0.6 is 0 Å². The van der Waals surface area contributed by atoms with E-state index in [1.54, 1.807) is 12.1 Å². The summed E-state index contributed by atoms with van der Waals surface area (Å²) in [5.41, 5.74) is 1.59. The lowest BCUT2D eigenvalue weighted by atomic mass is 9.63. The van der Waals surface area contributed by atoms with Crippen LogP contribution in [0.2, 0.25) is 0 Å². The van der Waals surface area contributed by atoms with Gasteiger partial charge in [0.05, 0.1) is 0 Å². The summed E-state index contributed by atoms with van der Waals surface area (Å²) in [5, 5.41) is 0. The molecule has 2 fully saturated rings. The number of alkyl halides is 2. The minimum absolute atomic E-state index is 0.267. The van der Waals surface area contributed by atoms with E-state index in [-0.39, 0.29) is 5.56 Å². The van der Waals surface area contributed by atoms with Gasteiger partial charge in [0.1, 0.15) is 5.82 Å². The van der Waals surface area contributed by atoms with Gasteiger partial charge < -0.3 is 4.74 Å². The fourth-order valence-corrected chi connectivity index (χ4v) is 6.29. The van der Waals surface area contributed by atoms with Gasteiger partial charge in [-0.2, -0.15) is 8.78 Å². The number of halogens is 4. The monoisotopic (exact) mass is 476 g/mol. The van der Waals surface area contributed by atoms with E-state index >= 15 is 4.39 Å². The van der Waals surface area contributed by atoms with Crippen molar-refractivity contribution in [3.63, 3.8) is 0 Å². The maximum atomic E-state index is 15.0. The Labute approximate surface area is 200 Å². The minimum atomic E-state index is -3.10. The summed E-state index contributed by atoms with van der Waals surface area (Å²) in [4.78, 5) is 0. The van der Waals surface area contributed by atoms with E-state index in [0.29, 0.717) is 11.5 Å². The molecule has 34 heavy (non-hydrogen) atoms. The molecule has 4 unspecified atom stereocenters. The van der Waals surface area contributed by atoms with Gasteiger partial charge >= 0.3 is 6.61 Å². The third-order valence-corrected chi connectivity index (χ3v) is 8.11. The smallest absolute Gasteiger partial charge is 0.387 e. The second-order valence-corrected chi connectivity index (χ2v) is 10.3. The number of hydrogen-bond donors (Lipinski definition) is 0. The Kier molecular flexibility index (Phi) is 8.55. The predicted octanol–water partition coefficient (Wildman–Crippen LogP) is 9.50. The number of rotatable bonds is 9. The van der Waals surface area contributed by atoms with Crippen molar-refractivity contribution >= 4 is 0 Å².